The smallest absolute Gasteiger partial charge is 0.410 e. The molecular formula is C20H24N6O2. The van der Waals surface area contributed by atoms with Crippen LogP contribution >= 0.6 is 0 Å². The summed E-state index contributed by atoms with van der Waals surface area (Å²) in [5, 5.41) is 4.81. The van der Waals surface area contributed by atoms with Crippen LogP contribution in [0.25, 0.3) is 17.0 Å². The molecule has 1 spiro atoms. The van der Waals surface area contributed by atoms with Crippen molar-refractivity contribution in [3.8, 4) is 11.3 Å². The van der Waals surface area contributed by atoms with Gasteiger partial charge in [-0.15, -0.1) is 0 Å². The molecular weight excluding hydrogens is 356 g/mol. The molecule has 5 rings (SSSR count). The number of rotatable bonds is 1. The van der Waals surface area contributed by atoms with Gasteiger partial charge in [-0.3, -0.25) is 9.08 Å². The molecule has 2 aliphatic rings. The largest absolute Gasteiger partial charge is 0.444 e. The van der Waals surface area contributed by atoms with E-state index >= 15 is 0 Å². The minimum atomic E-state index is -0.476. The Morgan fingerprint density at radius 3 is 2.86 bits per heavy atom. The van der Waals surface area contributed by atoms with E-state index in [0.29, 0.717) is 12.3 Å². The van der Waals surface area contributed by atoms with Crippen LogP contribution in [0.5, 0.6) is 0 Å². The van der Waals surface area contributed by atoms with Gasteiger partial charge in [0, 0.05) is 61.1 Å². The highest BCUT2D eigenvalue weighted by atomic mass is 16.6. The first-order chi connectivity index (χ1) is 13.3. The number of aromatic nitrogens is 5. The number of hydrogen-bond acceptors (Lipinski definition) is 5. The van der Waals surface area contributed by atoms with Crippen molar-refractivity contribution in [2.75, 3.05) is 13.1 Å². The third-order valence-electron chi connectivity index (χ3n) is 5.67. The van der Waals surface area contributed by atoms with Crippen molar-refractivity contribution in [2.45, 2.75) is 51.2 Å². The van der Waals surface area contributed by atoms with E-state index in [4.69, 9.17) is 9.84 Å². The second kappa shape index (κ2) is 5.80. The van der Waals surface area contributed by atoms with Crippen LogP contribution in [-0.4, -0.2) is 53.8 Å². The number of fused-ring (bicyclic) bond motifs is 3. The summed E-state index contributed by atoms with van der Waals surface area (Å²) in [5.74, 6) is 0.677. The van der Waals surface area contributed by atoms with E-state index < -0.39 is 5.60 Å². The van der Waals surface area contributed by atoms with E-state index in [9.17, 15) is 4.79 Å². The molecule has 1 unspecified atom stereocenters. The first-order valence-corrected chi connectivity index (χ1v) is 9.68. The van der Waals surface area contributed by atoms with Crippen molar-refractivity contribution >= 4 is 11.9 Å². The molecule has 1 atom stereocenters. The van der Waals surface area contributed by atoms with Crippen LogP contribution in [-0.2, 0) is 16.7 Å². The van der Waals surface area contributed by atoms with Crippen LogP contribution in [0.3, 0.4) is 0 Å². The van der Waals surface area contributed by atoms with E-state index in [2.05, 4.69) is 20.7 Å². The lowest BCUT2D eigenvalue weighted by Crippen LogP contribution is -2.37. The van der Waals surface area contributed by atoms with E-state index in [1.165, 1.54) is 5.69 Å². The van der Waals surface area contributed by atoms with E-state index in [-0.39, 0.29) is 11.5 Å². The number of nitrogens with zero attached hydrogens (tertiary/aromatic N) is 6. The number of hydrogen-bond donors (Lipinski definition) is 0. The Kier molecular flexibility index (Phi) is 3.56. The topological polar surface area (TPSA) is 77.5 Å². The minimum Gasteiger partial charge on any atom is -0.444 e. The zero-order valence-corrected chi connectivity index (χ0v) is 16.4. The van der Waals surface area contributed by atoms with Crippen LogP contribution in [0.1, 0.15) is 39.3 Å². The quantitative estimate of drug-likeness (QED) is 0.649. The summed E-state index contributed by atoms with van der Waals surface area (Å²) in [6, 6.07) is 2.16. The normalized spacial score (nSPS) is 21.6. The third-order valence-corrected chi connectivity index (χ3v) is 5.67. The Hall–Kier alpha value is -2.90. The number of amides is 1. The van der Waals surface area contributed by atoms with Crippen molar-refractivity contribution in [3.05, 3.63) is 36.5 Å². The molecule has 0 saturated carbocycles. The fourth-order valence-electron chi connectivity index (χ4n) is 4.32. The molecule has 1 amide bonds. The summed E-state index contributed by atoms with van der Waals surface area (Å²) in [7, 11) is 0. The highest BCUT2D eigenvalue weighted by molar-refractivity contribution is 5.69. The lowest BCUT2D eigenvalue weighted by atomic mass is 9.82. The first kappa shape index (κ1) is 17.2. The van der Waals surface area contributed by atoms with Crippen molar-refractivity contribution in [3.63, 3.8) is 0 Å². The highest BCUT2D eigenvalue weighted by Gasteiger charge is 2.47. The zero-order chi connectivity index (χ0) is 19.5. The van der Waals surface area contributed by atoms with Crippen LogP contribution in [0.15, 0.2) is 30.9 Å². The lowest BCUT2D eigenvalue weighted by molar-refractivity contribution is 0.0284. The highest BCUT2D eigenvalue weighted by Crippen LogP contribution is 2.44. The Morgan fingerprint density at radius 2 is 2.04 bits per heavy atom. The molecule has 28 heavy (non-hydrogen) atoms. The zero-order valence-electron chi connectivity index (χ0n) is 16.4. The van der Waals surface area contributed by atoms with E-state index in [1.54, 1.807) is 6.20 Å². The number of carbonyl (C=O) groups excluding carboxylic acids is 1. The predicted octanol–water partition coefficient (Wildman–Crippen LogP) is 2.88. The van der Waals surface area contributed by atoms with Gasteiger partial charge in [-0.25, -0.2) is 14.8 Å². The molecule has 1 fully saturated rings. The van der Waals surface area contributed by atoms with Crippen LogP contribution in [0.4, 0.5) is 4.79 Å². The van der Waals surface area contributed by atoms with Crippen molar-refractivity contribution in [1.82, 2.24) is 29.0 Å². The van der Waals surface area contributed by atoms with E-state index in [0.717, 1.165) is 37.2 Å². The minimum absolute atomic E-state index is 0.0330. The average molecular weight is 380 g/mol. The molecule has 8 heteroatoms. The summed E-state index contributed by atoms with van der Waals surface area (Å²) in [5.41, 5.74) is 2.57. The van der Waals surface area contributed by atoms with Gasteiger partial charge in [-0.1, -0.05) is 0 Å². The summed E-state index contributed by atoms with van der Waals surface area (Å²) in [4.78, 5) is 22.9. The maximum Gasteiger partial charge on any atom is 0.410 e. The number of carbonyl (C=O) groups is 1. The van der Waals surface area contributed by atoms with Gasteiger partial charge in [0.25, 0.3) is 0 Å². The van der Waals surface area contributed by atoms with Gasteiger partial charge in [-0.05, 0) is 39.7 Å². The Balaban J connectivity index is 1.42. The Morgan fingerprint density at radius 1 is 1.21 bits per heavy atom. The van der Waals surface area contributed by atoms with Gasteiger partial charge in [0.1, 0.15) is 5.60 Å². The molecule has 3 aromatic rings. The van der Waals surface area contributed by atoms with E-state index in [1.807, 2.05) is 48.7 Å². The number of ether oxygens (including phenoxy) is 1. The molecule has 3 aromatic heterocycles. The fourth-order valence-corrected chi connectivity index (χ4v) is 4.32. The van der Waals surface area contributed by atoms with Gasteiger partial charge in [0.05, 0.1) is 5.69 Å². The molecule has 0 N–H and O–H groups in total. The van der Waals surface area contributed by atoms with Crippen molar-refractivity contribution in [1.29, 1.82) is 0 Å². The molecule has 0 radical (unpaired) electrons. The monoisotopic (exact) mass is 380 g/mol. The van der Waals surface area contributed by atoms with Crippen LogP contribution in [0.2, 0.25) is 0 Å². The van der Waals surface area contributed by atoms with Crippen molar-refractivity contribution < 1.29 is 9.53 Å². The van der Waals surface area contributed by atoms with Gasteiger partial charge < -0.3 is 9.64 Å². The lowest BCUT2D eigenvalue weighted by Gasteiger charge is -2.26. The molecule has 5 heterocycles. The van der Waals surface area contributed by atoms with Gasteiger partial charge in [0.2, 0.25) is 5.78 Å². The summed E-state index contributed by atoms with van der Waals surface area (Å²) >= 11 is 0. The van der Waals surface area contributed by atoms with Gasteiger partial charge >= 0.3 is 6.09 Å². The maximum atomic E-state index is 12.5. The second-order valence-corrected chi connectivity index (χ2v) is 8.80. The Labute approximate surface area is 163 Å². The third kappa shape index (κ3) is 2.75. The second-order valence-electron chi connectivity index (χ2n) is 8.80. The molecule has 146 valence electrons. The van der Waals surface area contributed by atoms with Crippen molar-refractivity contribution in [2.24, 2.45) is 0 Å². The standard InChI is InChI=1S/C20H24N6O2/c1-19(2,3)28-18(27)25-7-4-20(13-25)5-8-26-16(20)10-15(23-26)14-11-22-17-21-6-9-24(17)12-14/h6,9-12H,4-5,7-8,13H2,1-3H3. The predicted molar refractivity (Wildman–Crippen MR) is 103 cm³/mol. The number of likely N-dealkylation sites (tertiary alicyclic amines) is 1. The van der Waals surface area contributed by atoms with Gasteiger partial charge in [-0.2, -0.15) is 5.10 Å². The first-order valence-electron chi connectivity index (χ1n) is 9.68. The van der Waals surface area contributed by atoms with Crippen LogP contribution < -0.4 is 0 Å². The molecule has 0 aliphatic carbocycles. The number of imidazole rings is 1. The number of aryl methyl sites for hydroxylation is 1. The fraction of sp³-hybridized carbons (Fsp3) is 0.500. The summed E-state index contributed by atoms with van der Waals surface area (Å²) in [6.07, 6.45) is 9.16. The SMILES string of the molecule is CC(C)(C)OC(=O)N1CCC2(CCn3nc(-c4cnc5nccn5c4)cc32)C1. The molecule has 0 aromatic carbocycles. The molecule has 0 bridgehead atoms. The molecule has 8 nitrogen and oxygen atoms in total. The molecule has 1 saturated heterocycles. The summed E-state index contributed by atoms with van der Waals surface area (Å²) < 4.78 is 9.56. The maximum absolute atomic E-state index is 12.5. The van der Waals surface area contributed by atoms with Gasteiger partial charge in [0.15, 0.2) is 0 Å². The van der Waals surface area contributed by atoms with Crippen LogP contribution in [0, 0.1) is 0 Å². The summed E-state index contributed by atoms with van der Waals surface area (Å²) in [6.45, 7) is 7.98. The molecule has 2 aliphatic heterocycles. The Bertz CT molecular complexity index is 1060. The average Bonchev–Trinajstić information content (AvgIpc) is 3.38.